The lowest BCUT2D eigenvalue weighted by Gasteiger charge is -2.26. The van der Waals surface area contributed by atoms with E-state index in [1.807, 2.05) is 0 Å². The number of aryl methyl sites for hydroxylation is 1. The monoisotopic (exact) mass is 233 g/mol. The maximum absolute atomic E-state index is 5.85. The van der Waals surface area contributed by atoms with Gasteiger partial charge in [-0.05, 0) is 31.7 Å². The molecule has 0 spiro atoms. The van der Waals surface area contributed by atoms with Crippen molar-refractivity contribution < 1.29 is 0 Å². The van der Waals surface area contributed by atoms with Crippen LogP contribution in [-0.4, -0.2) is 16.5 Å². The van der Waals surface area contributed by atoms with Crippen LogP contribution in [0.25, 0.3) is 0 Å². The summed E-state index contributed by atoms with van der Waals surface area (Å²) in [5.41, 5.74) is 8.16. The first-order valence-corrected chi connectivity index (χ1v) is 6.67. The van der Waals surface area contributed by atoms with Crippen molar-refractivity contribution in [2.24, 2.45) is 11.7 Å². The maximum atomic E-state index is 5.85. The zero-order chi connectivity index (χ0) is 12.4. The molecule has 1 saturated carbocycles. The highest BCUT2D eigenvalue weighted by Gasteiger charge is 2.24. The Kier molecular flexibility index (Phi) is 3.77. The predicted octanol–water partition coefficient (Wildman–Crippen LogP) is 2.75. The van der Waals surface area contributed by atoms with Gasteiger partial charge in [0.2, 0.25) is 0 Å². The first-order chi connectivity index (χ1) is 8.11. The third kappa shape index (κ3) is 2.65. The highest BCUT2D eigenvalue weighted by molar-refractivity contribution is 5.18. The van der Waals surface area contributed by atoms with E-state index in [0.717, 1.165) is 11.5 Å². The van der Waals surface area contributed by atoms with Gasteiger partial charge < -0.3 is 5.73 Å². The van der Waals surface area contributed by atoms with Gasteiger partial charge in [-0.1, -0.05) is 20.3 Å². The Morgan fingerprint density at radius 2 is 2.06 bits per heavy atom. The van der Waals surface area contributed by atoms with E-state index in [9.17, 15) is 0 Å². The molecule has 17 heavy (non-hydrogen) atoms. The summed E-state index contributed by atoms with van der Waals surface area (Å²) in [5.74, 6) is 2.40. The summed E-state index contributed by atoms with van der Waals surface area (Å²) < 4.78 is 0. The van der Waals surface area contributed by atoms with Crippen molar-refractivity contribution in [3.63, 3.8) is 0 Å². The van der Waals surface area contributed by atoms with Crippen molar-refractivity contribution in [3.05, 3.63) is 23.3 Å². The largest absolute Gasteiger partial charge is 0.330 e. The van der Waals surface area contributed by atoms with Crippen LogP contribution >= 0.6 is 0 Å². The van der Waals surface area contributed by atoms with Crippen LogP contribution in [0.5, 0.6) is 0 Å². The average Bonchev–Trinajstić information content (AvgIpc) is 2.14. The number of rotatable bonds is 4. The van der Waals surface area contributed by atoms with Gasteiger partial charge in [0.05, 0.1) is 0 Å². The van der Waals surface area contributed by atoms with E-state index in [1.54, 1.807) is 0 Å². The number of nitrogens with two attached hydrogens (primary N) is 1. The number of hydrogen-bond donors (Lipinski definition) is 1. The van der Waals surface area contributed by atoms with E-state index in [0.29, 0.717) is 18.4 Å². The maximum Gasteiger partial charge on any atom is 0.133 e. The van der Waals surface area contributed by atoms with Crippen LogP contribution in [-0.2, 0) is 0 Å². The van der Waals surface area contributed by atoms with E-state index in [1.165, 1.54) is 25.0 Å². The van der Waals surface area contributed by atoms with E-state index in [2.05, 4.69) is 31.8 Å². The molecule has 1 unspecified atom stereocenters. The average molecular weight is 233 g/mol. The minimum Gasteiger partial charge on any atom is -0.330 e. The number of aromatic nitrogens is 2. The summed E-state index contributed by atoms with van der Waals surface area (Å²) in [4.78, 5) is 9.33. The summed E-state index contributed by atoms with van der Waals surface area (Å²) in [6, 6.07) is 2.14. The second kappa shape index (κ2) is 5.13. The standard InChI is InChI=1S/C14H23N3/c1-9(2)12(8-15)14-16-10(3)7-13(17-14)11-5-4-6-11/h7,9,11-12H,4-6,8,15H2,1-3H3. The second-order valence-electron chi connectivity index (χ2n) is 5.51. The lowest BCUT2D eigenvalue weighted by molar-refractivity contribution is 0.404. The molecule has 3 nitrogen and oxygen atoms in total. The Labute approximate surface area is 104 Å². The molecule has 0 saturated heterocycles. The van der Waals surface area contributed by atoms with Gasteiger partial charge in [-0.15, -0.1) is 0 Å². The first kappa shape index (κ1) is 12.5. The van der Waals surface area contributed by atoms with Crippen LogP contribution < -0.4 is 5.73 Å². The van der Waals surface area contributed by atoms with Crippen molar-refractivity contribution in [2.75, 3.05) is 6.54 Å². The predicted molar refractivity (Wildman–Crippen MR) is 70.0 cm³/mol. The Bertz CT molecular complexity index is 383. The minimum absolute atomic E-state index is 0.286. The molecule has 1 aromatic heterocycles. The lowest BCUT2D eigenvalue weighted by Crippen LogP contribution is -2.22. The first-order valence-electron chi connectivity index (χ1n) is 6.67. The number of hydrogen-bond acceptors (Lipinski definition) is 3. The second-order valence-corrected chi connectivity index (χ2v) is 5.51. The van der Waals surface area contributed by atoms with Gasteiger partial charge in [0.1, 0.15) is 5.82 Å². The quantitative estimate of drug-likeness (QED) is 0.870. The van der Waals surface area contributed by atoms with Crippen LogP contribution in [0.15, 0.2) is 6.07 Å². The number of nitrogens with zero attached hydrogens (tertiary/aromatic N) is 2. The minimum atomic E-state index is 0.286. The molecule has 0 amide bonds. The van der Waals surface area contributed by atoms with E-state index < -0.39 is 0 Å². The van der Waals surface area contributed by atoms with E-state index in [-0.39, 0.29) is 5.92 Å². The van der Waals surface area contributed by atoms with Gasteiger partial charge in [0.15, 0.2) is 0 Å². The zero-order valence-electron chi connectivity index (χ0n) is 11.1. The van der Waals surface area contributed by atoms with Crippen molar-refractivity contribution in [3.8, 4) is 0 Å². The molecule has 2 N–H and O–H groups in total. The lowest BCUT2D eigenvalue weighted by atomic mass is 9.82. The van der Waals surface area contributed by atoms with E-state index >= 15 is 0 Å². The molecule has 1 atom stereocenters. The molecule has 94 valence electrons. The molecular weight excluding hydrogens is 210 g/mol. The highest BCUT2D eigenvalue weighted by Crippen LogP contribution is 2.36. The van der Waals surface area contributed by atoms with Gasteiger partial charge in [0, 0.05) is 29.8 Å². The van der Waals surface area contributed by atoms with Crippen molar-refractivity contribution in [2.45, 2.75) is 51.9 Å². The molecule has 0 bridgehead atoms. The van der Waals surface area contributed by atoms with Gasteiger partial charge in [0.25, 0.3) is 0 Å². The summed E-state index contributed by atoms with van der Waals surface area (Å²) in [6.45, 7) is 7.06. The molecule has 0 radical (unpaired) electrons. The smallest absolute Gasteiger partial charge is 0.133 e. The molecule has 2 rings (SSSR count). The fourth-order valence-corrected chi connectivity index (χ4v) is 2.37. The summed E-state index contributed by atoms with van der Waals surface area (Å²) in [7, 11) is 0. The molecular formula is C14H23N3. The van der Waals surface area contributed by atoms with Crippen molar-refractivity contribution in [1.82, 2.24) is 9.97 Å². The normalized spacial score (nSPS) is 18.2. The molecule has 1 aliphatic rings. The SMILES string of the molecule is Cc1cc(C2CCC2)nc(C(CN)C(C)C)n1. The third-order valence-corrected chi connectivity index (χ3v) is 3.81. The summed E-state index contributed by atoms with van der Waals surface area (Å²) in [5, 5.41) is 0. The fraction of sp³-hybridized carbons (Fsp3) is 0.714. The van der Waals surface area contributed by atoms with Gasteiger partial charge in [-0.2, -0.15) is 0 Å². The molecule has 1 aliphatic carbocycles. The zero-order valence-corrected chi connectivity index (χ0v) is 11.1. The molecule has 0 aromatic carbocycles. The third-order valence-electron chi connectivity index (χ3n) is 3.81. The van der Waals surface area contributed by atoms with Crippen molar-refractivity contribution >= 4 is 0 Å². The van der Waals surface area contributed by atoms with E-state index in [4.69, 9.17) is 10.7 Å². The van der Waals surface area contributed by atoms with Crippen LogP contribution in [0.4, 0.5) is 0 Å². The Morgan fingerprint density at radius 3 is 2.53 bits per heavy atom. The van der Waals surface area contributed by atoms with Crippen molar-refractivity contribution in [1.29, 1.82) is 0 Å². The van der Waals surface area contributed by atoms with Gasteiger partial charge >= 0.3 is 0 Å². The molecule has 1 fully saturated rings. The summed E-state index contributed by atoms with van der Waals surface area (Å²) >= 11 is 0. The Morgan fingerprint density at radius 1 is 1.35 bits per heavy atom. The molecule has 1 aromatic rings. The van der Waals surface area contributed by atoms with Crippen LogP contribution in [0, 0.1) is 12.8 Å². The summed E-state index contributed by atoms with van der Waals surface area (Å²) in [6.07, 6.45) is 3.91. The topological polar surface area (TPSA) is 51.8 Å². The van der Waals surface area contributed by atoms with Gasteiger partial charge in [-0.3, -0.25) is 0 Å². The van der Waals surface area contributed by atoms with Crippen LogP contribution in [0.2, 0.25) is 0 Å². The fourth-order valence-electron chi connectivity index (χ4n) is 2.37. The molecule has 3 heteroatoms. The van der Waals surface area contributed by atoms with Crippen LogP contribution in [0.3, 0.4) is 0 Å². The van der Waals surface area contributed by atoms with Gasteiger partial charge in [-0.25, -0.2) is 9.97 Å². The van der Waals surface area contributed by atoms with Crippen LogP contribution in [0.1, 0.15) is 62.2 Å². The highest BCUT2D eigenvalue weighted by atomic mass is 14.9. The Hall–Kier alpha value is -0.960. The molecule has 1 heterocycles. The Balaban J connectivity index is 2.29. The molecule has 0 aliphatic heterocycles.